The van der Waals surface area contributed by atoms with E-state index in [-0.39, 0.29) is 10.7 Å². The van der Waals surface area contributed by atoms with Gasteiger partial charge in [-0.05, 0) is 43.7 Å². The van der Waals surface area contributed by atoms with E-state index in [1.165, 1.54) is 5.57 Å². The fourth-order valence-corrected chi connectivity index (χ4v) is 1.58. The Morgan fingerprint density at radius 2 is 2.07 bits per heavy atom. The molecule has 0 saturated carbocycles. The molecule has 0 aliphatic rings. The largest absolute Gasteiger partial charge is 0.281 e. The molecule has 0 aliphatic carbocycles. The maximum absolute atomic E-state index is 10.8. The zero-order valence-electron chi connectivity index (χ0n) is 9.27. The Kier molecular flexibility index (Phi) is 5.78. The smallest absolute Gasteiger partial charge is 0.222 e. The van der Waals surface area contributed by atoms with Crippen molar-refractivity contribution in [3.8, 4) is 0 Å². The Bertz CT molecular complexity index is 239. The van der Waals surface area contributed by atoms with E-state index in [4.69, 9.17) is 11.6 Å². The predicted molar refractivity (Wildman–Crippen MR) is 62.4 cm³/mol. The summed E-state index contributed by atoms with van der Waals surface area (Å²) in [6, 6.07) is 0. The van der Waals surface area contributed by atoms with E-state index in [1.54, 1.807) is 0 Å². The zero-order valence-corrected chi connectivity index (χ0v) is 10.0. The average Bonchev–Trinajstić information content (AvgIpc) is 2.02. The summed E-state index contributed by atoms with van der Waals surface area (Å²) in [4.78, 5) is 10.8. The van der Waals surface area contributed by atoms with Crippen LogP contribution < -0.4 is 0 Å². The van der Waals surface area contributed by atoms with Crippen LogP contribution in [0.1, 0.15) is 40.0 Å². The molecular weight excluding hydrogens is 196 g/mol. The van der Waals surface area contributed by atoms with Gasteiger partial charge in [0.1, 0.15) is 0 Å². The maximum Gasteiger partial charge on any atom is 0.222 e. The highest BCUT2D eigenvalue weighted by molar-refractivity contribution is 6.63. The summed E-state index contributed by atoms with van der Waals surface area (Å²) in [5.41, 5.74) is 1.14. The van der Waals surface area contributed by atoms with Crippen LogP contribution in [0.15, 0.2) is 24.3 Å². The van der Waals surface area contributed by atoms with Crippen molar-refractivity contribution in [1.29, 1.82) is 0 Å². The van der Waals surface area contributed by atoms with Gasteiger partial charge in [0.15, 0.2) is 0 Å². The van der Waals surface area contributed by atoms with Crippen LogP contribution in [0.5, 0.6) is 0 Å². The molecule has 0 aromatic rings. The average molecular weight is 215 g/mol. The molecule has 0 aromatic carbocycles. The first-order valence-electron chi connectivity index (χ1n) is 4.85. The van der Waals surface area contributed by atoms with Crippen molar-refractivity contribution in [3.63, 3.8) is 0 Å². The normalized spacial score (nSPS) is 14.3. The van der Waals surface area contributed by atoms with E-state index in [9.17, 15) is 4.79 Å². The summed E-state index contributed by atoms with van der Waals surface area (Å²) < 4.78 is 0. The van der Waals surface area contributed by atoms with Crippen LogP contribution in [-0.4, -0.2) is 5.24 Å². The zero-order chi connectivity index (χ0) is 11.2. The lowest BCUT2D eigenvalue weighted by Gasteiger charge is -2.22. The Morgan fingerprint density at radius 1 is 1.50 bits per heavy atom. The van der Waals surface area contributed by atoms with Crippen LogP contribution in [0, 0.1) is 5.41 Å². The minimum absolute atomic E-state index is 0.162. The predicted octanol–water partition coefficient (Wildman–Crippen LogP) is 4.08. The molecule has 0 spiro atoms. The van der Waals surface area contributed by atoms with Gasteiger partial charge in [0.05, 0.1) is 0 Å². The highest BCUT2D eigenvalue weighted by Crippen LogP contribution is 2.30. The number of halogens is 1. The van der Waals surface area contributed by atoms with Crippen molar-refractivity contribution in [2.24, 2.45) is 5.41 Å². The van der Waals surface area contributed by atoms with E-state index in [2.05, 4.69) is 26.5 Å². The lowest BCUT2D eigenvalue weighted by atomic mass is 9.82. The fourth-order valence-electron chi connectivity index (χ4n) is 1.27. The van der Waals surface area contributed by atoms with Gasteiger partial charge < -0.3 is 0 Å². The number of carbonyl (C=O) groups excluding carboxylic acids is 1. The van der Waals surface area contributed by atoms with Gasteiger partial charge in [0.2, 0.25) is 5.24 Å². The van der Waals surface area contributed by atoms with Crippen LogP contribution in [0.25, 0.3) is 0 Å². The molecule has 0 rings (SSSR count). The molecule has 80 valence electrons. The van der Waals surface area contributed by atoms with Crippen molar-refractivity contribution in [3.05, 3.63) is 24.3 Å². The van der Waals surface area contributed by atoms with Gasteiger partial charge in [0, 0.05) is 6.42 Å². The number of carbonyl (C=O) groups is 1. The Balaban J connectivity index is 4.19. The SMILES string of the molecule is C=CC(C)(CCC=C(C)C)CC(=O)Cl. The third-order valence-corrected chi connectivity index (χ3v) is 2.44. The number of allylic oxidation sites excluding steroid dienone is 3. The number of rotatable bonds is 6. The van der Waals surface area contributed by atoms with Gasteiger partial charge in [0.25, 0.3) is 0 Å². The molecule has 0 fully saturated rings. The van der Waals surface area contributed by atoms with Crippen molar-refractivity contribution in [1.82, 2.24) is 0 Å². The van der Waals surface area contributed by atoms with Gasteiger partial charge in [-0.25, -0.2) is 0 Å². The van der Waals surface area contributed by atoms with Gasteiger partial charge in [-0.2, -0.15) is 0 Å². The Labute approximate surface area is 91.8 Å². The summed E-state index contributed by atoms with van der Waals surface area (Å²) in [5.74, 6) is 0. The lowest BCUT2D eigenvalue weighted by molar-refractivity contribution is -0.113. The van der Waals surface area contributed by atoms with E-state index in [0.29, 0.717) is 6.42 Å². The minimum atomic E-state index is -0.287. The maximum atomic E-state index is 10.8. The molecule has 0 amide bonds. The van der Waals surface area contributed by atoms with E-state index in [1.807, 2.05) is 13.0 Å². The summed E-state index contributed by atoms with van der Waals surface area (Å²) in [6.45, 7) is 9.90. The molecule has 0 saturated heterocycles. The number of hydrogen-bond donors (Lipinski definition) is 0. The first-order valence-corrected chi connectivity index (χ1v) is 5.23. The van der Waals surface area contributed by atoms with E-state index >= 15 is 0 Å². The van der Waals surface area contributed by atoms with Crippen LogP contribution in [0.4, 0.5) is 0 Å². The Morgan fingerprint density at radius 3 is 2.43 bits per heavy atom. The molecular formula is C12H19ClO. The fraction of sp³-hybridized carbons (Fsp3) is 0.583. The van der Waals surface area contributed by atoms with Gasteiger partial charge >= 0.3 is 0 Å². The summed E-state index contributed by atoms with van der Waals surface area (Å²) in [7, 11) is 0. The van der Waals surface area contributed by atoms with Crippen molar-refractivity contribution >= 4 is 16.8 Å². The molecule has 0 N–H and O–H groups in total. The molecule has 2 heteroatoms. The number of hydrogen-bond acceptors (Lipinski definition) is 1. The first-order chi connectivity index (χ1) is 6.39. The van der Waals surface area contributed by atoms with Gasteiger partial charge in [-0.3, -0.25) is 4.79 Å². The lowest BCUT2D eigenvalue weighted by Crippen LogP contribution is -2.15. The van der Waals surface area contributed by atoms with Crippen molar-refractivity contribution in [2.75, 3.05) is 0 Å². The first kappa shape index (κ1) is 13.4. The van der Waals surface area contributed by atoms with Gasteiger partial charge in [-0.15, -0.1) is 6.58 Å². The van der Waals surface area contributed by atoms with Gasteiger partial charge in [-0.1, -0.05) is 24.6 Å². The van der Waals surface area contributed by atoms with Crippen LogP contribution in [0.3, 0.4) is 0 Å². The van der Waals surface area contributed by atoms with Crippen molar-refractivity contribution < 1.29 is 4.79 Å². The topological polar surface area (TPSA) is 17.1 Å². The van der Waals surface area contributed by atoms with Crippen LogP contribution >= 0.6 is 11.6 Å². The Hall–Kier alpha value is -0.560. The van der Waals surface area contributed by atoms with Crippen molar-refractivity contribution in [2.45, 2.75) is 40.0 Å². The van der Waals surface area contributed by atoms with E-state index in [0.717, 1.165) is 12.8 Å². The second-order valence-electron chi connectivity index (χ2n) is 4.21. The molecule has 0 aromatic heterocycles. The summed E-state index contributed by atoms with van der Waals surface area (Å²) in [5, 5.41) is -0.287. The minimum Gasteiger partial charge on any atom is -0.281 e. The highest BCUT2D eigenvalue weighted by Gasteiger charge is 2.22. The molecule has 0 heterocycles. The van der Waals surface area contributed by atoms with Crippen LogP contribution in [-0.2, 0) is 4.79 Å². The molecule has 0 bridgehead atoms. The summed E-state index contributed by atoms with van der Waals surface area (Å²) in [6.07, 6.45) is 6.25. The second-order valence-corrected chi connectivity index (χ2v) is 4.63. The van der Waals surface area contributed by atoms with E-state index < -0.39 is 0 Å². The van der Waals surface area contributed by atoms with Crippen LogP contribution in [0.2, 0.25) is 0 Å². The molecule has 1 nitrogen and oxygen atoms in total. The molecule has 1 unspecified atom stereocenters. The molecule has 0 aliphatic heterocycles. The third kappa shape index (κ3) is 5.98. The summed E-state index contributed by atoms with van der Waals surface area (Å²) >= 11 is 5.38. The molecule has 0 radical (unpaired) electrons. The third-order valence-electron chi connectivity index (χ3n) is 2.30. The molecule has 1 atom stereocenters. The quantitative estimate of drug-likeness (QED) is 0.481. The molecule has 14 heavy (non-hydrogen) atoms. The highest BCUT2D eigenvalue weighted by atomic mass is 35.5. The standard InChI is InChI=1S/C12H19ClO/c1-5-12(4,9-11(13)14)8-6-7-10(2)3/h5,7H,1,6,8-9H2,2-4H3. The second kappa shape index (κ2) is 6.02. The monoisotopic (exact) mass is 214 g/mol.